The third kappa shape index (κ3) is 3.78. The molecule has 2 aromatic carbocycles. The number of ether oxygens (including phenoxy) is 4. The van der Waals surface area contributed by atoms with Crippen LogP contribution in [0.25, 0.3) is 11.1 Å². The standard InChI is InChI=1S/C21H24O6/c22-11-15(23)12-27-21(26-10-9-24-13-16-14-25-16)19-7-3-1-5-17(19)18-6-2-4-8-20(18)21/h1-8,15-16,22-23H,9-14H2. The first kappa shape index (κ1) is 18.6. The number of aliphatic hydroxyl groups excluding tert-OH is 2. The van der Waals surface area contributed by atoms with Crippen molar-refractivity contribution < 1.29 is 29.2 Å². The molecule has 2 aliphatic rings. The molecule has 2 aromatic rings. The highest BCUT2D eigenvalue weighted by Crippen LogP contribution is 2.50. The zero-order valence-electron chi connectivity index (χ0n) is 15.0. The molecule has 2 unspecified atom stereocenters. The lowest BCUT2D eigenvalue weighted by molar-refractivity contribution is -0.232. The summed E-state index contributed by atoms with van der Waals surface area (Å²) in [4.78, 5) is 0. The molecule has 144 valence electrons. The zero-order valence-corrected chi connectivity index (χ0v) is 15.0. The molecule has 0 saturated carbocycles. The van der Waals surface area contributed by atoms with Crippen LogP contribution in [0.1, 0.15) is 11.1 Å². The van der Waals surface area contributed by atoms with Gasteiger partial charge in [-0.2, -0.15) is 0 Å². The number of aliphatic hydroxyl groups is 2. The monoisotopic (exact) mass is 372 g/mol. The number of benzene rings is 2. The first-order valence-corrected chi connectivity index (χ1v) is 9.20. The molecule has 1 fully saturated rings. The van der Waals surface area contributed by atoms with E-state index in [2.05, 4.69) is 0 Å². The van der Waals surface area contributed by atoms with Crippen LogP contribution in [0.15, 0.2) is 48.5 Å². The molecule has 1 aliphatic carbocycles. The molecule has 2 atom stereocenters. The molecule has 6 heteroatoms. The maximum absolute atomic E-state index is 9.84. The predicted octanol–water partition coefficient (Wildman–Crippen LogP) is 1.67. The van der Waals surface area contributed by atoms with Crippen LogP contribution in [0.5, 0.6) is 0 Å². The predicted molar refractivity (Wildman–Crippen MR) is 98.2 cm³/mol. The molecule has 2 N–H and O–H groups in total. The van der Waals surface area contributed by atoms with Crippen LogP contribution in [0.2, 0.25) is 0 Å². The van der Waals surface area contributed by atoms with Gasteiger partial charge in [0.25, 0.3) is 0 Å². The van der Waals surface area contributed by atoms with Gasteiger partial charge in [0.15, 0.2) is 0 Å². The van der Waals surface area contributed by atoms with Gasteiger partial charge in [0, 0.05) is 11.1 Å². The molecular formula is C21H24O6. The second kappa shape index (κ2) is 8.06. The molecule has 0 aromatic heterocycles. The minimum absolute atomic E-state index is 0.0457. The molecule has 0 radical (unpaired) electrons. The zero-order chi connectivity index (χ0) is 18.7. The van der Waals surface area contributed by atoms with Crippen LogP contribution in [0, 0.1) is 0 Å². The van der Waals surface area contributed by atoms with Gasteiger partial charge >= 0.3 is 0 Å². The van der Waals surface area contributed by atoms with Gasteiger partial charge in [-0.05, 0) is 11.1 Å². The molecule has 1 saturated heterocycles. The van der Waals surface area contributed by atoms with E-state index < -0.39 is 11.9 Å². The van der Waals surface area contributed by atoms with Gasteiger partial charge in [0.05, 0.1) is 39.6 Å². The smallest absolute Gasteiger partial charge is 0.223 e. The van der Waals surface area contributed by atoms with Crippen molar-refractivity contribution in [2.75, 3.05) is 39.6 Å². The number of epoxide rings is 1. The average Bonchev–Trinajstić information content (AvgIpc) is 3.50. The van der Waals surface area contributed by atoms with Gasteiger partial charge in [0.2, 0.25) is 5.79 Å². The van der Waals surface area contributed by atoms with E-state index in [1.54, 1.807) is 0 Å². The van der Waals surface area contributed by atoms with Gasteiger partial charge in [0.1, 0.15) is 12.2 Å². The summed E-state index contributed by atoms with van der Waals surface area (Å²) < 4.78 is 23.1. The SMILES string of the molecule is OCC(O)COC1(OCCOCC2CO2)c2ccccc2-c2ccccc21. The van der Waals surface area contributed by atoms with Crippen LogP contribution in [0.4, 0.5) is 0 Å². The molecule has 4 rings (SSSR count). The second-order valence-electron chi connectivity index (χ2n) is 6.73. The quantitative estimate of drug-likeness (QED) is 0.375. The van der Waals surface area contributed by atoms with Crippen molar-refractivity contribution in [1.29, 1.82) is 0 Å². The second-order valence-corrected chi connectivity index (χ2v) is 6.73. The normalized spacial score (nSPS) is 20.1. The van der Waals surface area contributed by atoms with Gasteiger partial charge < -0.3 is 29.2 Å². The summed E-state index contributed by atoms with van der Waals surface area (Å²) in [6.45, 7) is 1.64. The van der Waals surface area contributed by atoms with Gasteiger partial charge in [-0.25, -0.2) is 0 Å². The molecule has 6 nitrogen and oxygen atoms in total. The third-order valence-electron chi connectivity index (χ3n) is 4.78. The fraction of sp³-hybridized carbons (Fsp3) is 0.429. The Balaban J connectivity index is 1.60. The average molecular weight is 372 g/mol. The summed E-state index contributed by atoms with van der Waals surface area (Å²) in [6.07, 6.45) is -0.767. The summed E-state index contributed by atoms with van der Waals surface area (Å²) in [6, 6.07) is 15.8. The summed E-state index contributed by atoms with van der Waals surface area (Å²) in [5.74, 6) is -1.14. The van der Waals surface area contributed by atoms with E-state index in [-0.39, 0.29) is 19.3 Å². The summed E-state index contributed by atoms with van der Waals surface area (Å²) >= 11 is 0. The van der Waals surface area contributed by atoms with E-state index in [0.29, 0.717) is 19.8 Å². The Labute approximate surface area is 158 Å². The Bertz CT molecular complexity index is 727. The lowest BCUT2D eigenvalue weighted by Gasteiger charge is -2.32. The maximum Gasteiger partial charge on any atom is 0.223 e. The molecule has 27 heavy (non-hydrogen) atoms. The van der Waals surface area contributed by atoms with Gasteiger partial charge in [-0.3, -0.25) is 0 Å². The van der Waals surface area contributed by atoms with E-state index in [0.717, 1.165) is 28.9 Å². The Hall–Kier alpha value is -1.80. The van der Waals surface area contributed by atoms with Crippen LogP contribution < -0.4 is 0 Å². The van der Waals surface area contributed by atoms with Crippen molar-refractivity contribution >= 4 is 0 Å². The Morgan fingerprint density at radius 1 is 1.00 bits per heavy atom. The van der Waals surface area contributed by atoms with Crippen molar-refractivity contribution in [3.63, 3.8) is 0 Å². The van der Waals surface area contributed by atoms with Crippen LogP contribution in [-0.2, 0) is 24.7 Å². The van der Waals surface area contributed by atoms with Crippen LogP contribution in [-0.4, -0.2) is 62.1 Å². The fourth-order valence-electron chi connectivity index (χ4n) is 3.40. The molecule has 1 heterocycles. The first-order chi connectivity index (χ1) is 13.2. The largest absolute Gasteiger partial charge is 0.394 e. The Kier molecular flexibility index (Phi) is 5.54. The van der Waals surface area contributed by atoms with Crippen molar-refractivity contribution in [1.82, 2.24) is 0 Å². The highest BCUT2D eigenvalue weighted by molar-refractivity contribution is 5.79. The minimum atomic E-state index is -1.14. The van der Waals surface area contributed by atoms with Crippen molar-refractivity contribution in [3.8, 4) is 11.1 Å². The number of rotatable bonds is 10. The Morgan fingerprint density at radius 3 is 2.22 bits per heavy atom. The van der Waals surface area contributed by atoms with Crippen LogP contribution in [0.3, 0.4) is 0 Å². The first-order valence-electron chi connectivity index (χ1n) is 9.20. The van der Waals surface area contributed by atoms with E-state index in [1.807, 2.05) is 48.5 Å². The van der Waals surface area contributed by atoms with Gasteiger partial charge in [-0.1, -0.05) is 48.5 Å². The molecule has 1 aliphatic heterocycles. The highest BCUT2D eigenvalue weighted by atomic mass is 16.7. The van der Waals surface area contributed by atoms with Crippen molar-refractivity contribution in [2.45, 2.75) is 18.0 Å². The highest BCUT2D eigenvalue weighted by Gasteiger charge is 2.45. The van der Waals surface area contributed by atoms with Crippen LogP contribution >= 0.6 is 0 Å². The number of fused-ring (bicyclic) bond motifs is 3. The number of hydrogen-bond acceptors (Lipinski definition) is 6. The van der Waals surface area contributed by atoms with E-state index in [4.69, 9.17) is 18.9 Å². The molecule has 0 amide bonds. The molecule has 0 spiro atoms. The summed E-state index contributed by atoms with van der Waals surface area (Å²) in [5, 5.41) is 19.0. The maximum atomic E-state index is 9.84. The molecule has 0 bridgehead atoms. The number of hydrogen-bond donors (Lipinski definition) is 2. The summed E-state index contributed by atoms with van der Waals surface area (Å²) in [5.41, 5.74) is 3.86. The third-order valence-corrected chi connectivity index (χ3v) is 4.78. The molecular weight excluding hydrogens is 348 g/mol. The lowest BCUT2D eigenvalue weighted by atomic mass is 10.0. The van der Waals surface area contributed by atoms with Crippen molar-refractivity contribution in [2.24, 2.45) is 0 Å². The fourth-order valence-corrected chi connectivity index (χ4v) is 3.40. The van der Waals surface area contributed by atoms with E-state index >= 15 is 0 Å². The van der Waals surface area contributed by atoms with E-state index in [9.17, 15) is 10.2 Å². The lowest BCUT2D eigenvalue weighted by Crippen LogP contribution is -2.37. The Morgan fingerprint density at radius 2 is 1.63 bits per heavy atom. The van der Waals surface area contributed by atoms with E-state index in [1.165, 1.54) is 0 Å². The summed E-state index contributed by atoms with van der Waals surface area (Å²) in [7, 11) is 0. The topological polar surface area (TPSA) is 80.7 Å². The van der Waals surface area contributed by atoms with Gasteiger partial charge in [-0.15, -0.1) is 0 Å². The van der Waals surface area contributed by atoms with Crippen molar-refractivity contribution in [3.05, 3.63) is 59.7 Å². The minimum Gasteiger partial charge on any atom is -0.394 e.